The van der Waals surface area contributed by atoms with E-state index in [9.17, 15) is 22.8 Å². The minimum Gasteiger partial charge on any atom is -0.451 e. The first-order valence-electron chi connectivity index (χ1n) is 10.5. The van der Waals surface area contributed by atoms with Crippen LogP contribution in [0.2, 0.25) is 0 Å². The number of hydrogen-bond donors (Lipinski definition) is 2. The van der Waals surface area contributed by atoms with Crippen LogP contribution in [0.3, 0.4) is 0 Å². The van der Waals surface area contributed by atoms with Crippen LogP contribution in [0.25, 0.3) is 5.69 Å². The monoisotopic (exact) mass is 486 g/mol. The lowest BCUT2D eigenvalue weighted by Crippen LogP contribution is -2.42. The predicted molar refractivity (Wildman–Crippen MR) is 126 cm³/mol. The topological polar surface area (TPSA) is 128 Å². The first-order chi connectivity index (χ1) is 16.0. The maximum Gasteiger partial charge on any atom is 0.324 e. The Balaban J connectivity index is 1.69. The SMILES string of the molecule is Cc1c(NC(=O)C(C)OC(=O)[C@H](C)NS(=O)(=O)c2ccccc2)c(=O)n(-c2ccccc2)n1C. The average molecular weight is 487 g/mol. The molecule has 2 aromatic carbocycles. The third kappa shape index (κ3) is 5.26. The molecule has 34 heavy (non-hydrogen) atoms. The van der Waals surface area contributed by atoms with Gasteiger partial charge >= 0.3 is 5.97 Å². The summed E-state index contributed by atoms with van der Waals surface area (Å²) in [4.78, 5) is 38.0. The largest absolute Gasteiger partial charge is 0.451 e. The van der Waals surface area contributed by atoms with Gasteiger partial charge in [0.05, 0.1) is 16.3 Å². The number of nitrogens with zero attached hydrogens (tertiary/aromatic N) is 2. The van der Waals surface area contributed by atoms with Gasteiger partial charge in [-0.15, -0.1) is 0 Å². The molecule has 1 aromatic heterocycles. The van der Waals surface area contributed by atoms with Gasteiger partial charge in [-0.1, -0.05) is 36.4 Å². The lowest BCUT2D eigenvalue weighted by atomic mass is 10.3. The average Bonchev–Trinajstić information content (AvgIpc) is 3.02. The molecule has 0 aliphatic rings. The van der Waals surface area contributed by atoms with Crippen molar-refractivity contribution in [1.82, 2.24) is 14.1 Å². The Morgan fingerprint density at radius 1 is 0.971 bits per heavy atom. The van der Waals surface area contributed by atoms with Crippen molar-refractivity contribution in [3.05, 3.63) is 76.7 Å². The number of anilines is 1. The third-order valence-corrected chi connectivity index (χ3v) is 6.76. The van der Waals surface area contributed by atoms with Crippen LogP contribution in [0.15, 0.2) is 70.4 Å². The van der Waals surface area contributed by atoms with E-state index < -0.39 is 39.6 Å². The molecule has 0 saturated carbocycles. The van der Waals surface area contributed by atoms with Gasteiger partial charge in [0.2, 0.25) is 10.0 Å². The van der Waals surface area contributed by atoms with Crippen molar-refractivity contribution in [2.45, 2.75) is 37.8 Å². The normalized spacial score (nSPS) is 13.2. The van der Waals surface area contributed by atoms with Crippen LogP contribution in [0.1, 0.15) is 19.5 Å². The summed E-state index contributed by atoms with van der Waals surface area (Å²) in [5.74, 6) is -1.66. The molecule has 0 spiro atoms. The zero-order valence-electron chi connectivity index (χ0n) is 19.2. The number of hydrogen-bond acceptors (Lipinski definition) is 6. The highest BCUT2D eigenvalue weighted by atomic mass is 32.2. The molecule has 0 aliphatic heterocycles. The predicted octanol–water partition coefficient (Wildman–Crippen LogP) is 1.72. The van der Waals surface area contributed by atoms with Gasteiger partial charge in [-0.3, -0.25) is 19.1 Å². The maximum absolute atomic E-state index is 12.9. The first-order valence-corrected chi connectivity index (χ1v) is 11.9. The van der Waals surface area contributed by atoms with Crippen LogP contribution in [-0.4, -0.2) is 41.8 Å². The van der Waals surface area contributed by atoms with Gasteiger partial charge in [-0.05, 0) is 45.0 Å². The quantitative estimate of drug-likeness (QED) is 0.467. The fourth-order valence-electron chi connectivity index (χ4n) is 3.22. The minimum absolute atomic E-state index is 0.00492. The number of para-hydroxylation sites is 1. The summed E-state index contributed by atoms with van der Waals surface area (Å²) in [7, 11) is -2.26. The van der Waals surface area contributed by atoms with Crippen LogP contribution in [0, 0.1) is 6.92 Å². The van der Waals surface area contributed by atoms with Crippen LogP contribution in [0.4, 0.5) is 5.69 Å². The molecule has 180 valence electrons. The number of carbonyl (C=O) groups is 2. The molecular weight excluding hydrogens is 460 g/mol. The molecule has 3 aromatic rings. The second kappa shape index (κ2) is 10.1. The number of rotatable bonds is 8. The summed E-state index contributed by atoms with van der Waals surface area (Å²) >= 11 is 0. The summed E-state index contributed by atoms with van der Waals surface area (Å²) in [6.45, 7) is 4.32. The summed E-state index contributed by atoms with van der Waals surface area (Å²) in [5.41, 5.74) is 0.737. The highest BCUT2D eigenvalue weighted by Gasteiger charge is 2.27. The van der Waals surface area contributed by atoms with Gasteiger partial charge in [0.1, 0.15) is 11.7 Å². The molecule has 2 N–H and O–H groups in total. The number of sulfonamides is 1. The Labute approximate surface area is 197 Å². The van der Waals surface area contributed by atoms with Crippen molar-refractivity contribution in [1.29, 1.82) is 0 Å². The highest BCUT2D eigenvalue weighted by Crippen LogP contribution is 2.15. The molecule has 11 heteroatoms. The molecule has 3 rings (SSSR count). The maximum atomic E-state index is 12.9. The van der Waals surface area contributed by atoms with Crippen molar-refractivity contribution in [2.24, 2.45) is 7.05 Å². The van der Waals surface area contributed by atoms with Gasteiger partial charge < -0.3 is 10.1 Å². The van der Waals surface area contributed by atoms with Crippen molar-refractivity contribution in [3.63, 3.8) is 0 Å². The van der Waals surface area contributed by atoms with Crippen molar-refractivity contribution < 1.29 is 22.7 Å². The van der Waals surface area contributed by atoms with E-state index in [4.69, 9.17) is 4.74 Å². The number of amides is 1. The van der Waals surface area contributed by atoms with E-state index in [2.05, 4.69) is 10.0 Å². The molecule has 1 unspecified atom stereocenters. The summed E-state index contributed by atoms with van der Waals surface area (Å²) < 4.78 is 35.2. The molecule has 0 radical (unpaired) electrons. The standard InChI is InChI=1S/C23H26N4O6S/c1-15(25-34(31,32)19-13-9-6-10-14-19)23(30)33-17(3)21(28)24-20-16(2)26(4)27(22(20)29)18-11-7-5-8-12-18/h5-15,17,25H,1-4H3,(H,24,28)/t15-,17?/m0/s1. The Bertz CT molecular complexity index is 1350. The van der Waals surface area contributed by atoms with Crippen LogP contribution in [0.5, 0.6) is 0 Å². The molecule has 2 atom stereocenters. The fourth-order valence-corrected chi connectivity index (χ4v) is 4.43. The first kappa shape index (κ1) is 24.9. The van der Waals surface area contributed by atoms with E-state index in [1.807, 2.05) is 6.07 Å². The molecule has 0 aliphatic carbocycles. The molecule has 0 fully saturated rings. The van der Waals surface area contributed by atoms with Crippen LogP contribution >= 0.6 is 0 Å². The lowest BCUT2D eigenvalue weighted by Gasteiger charge is -2.17. The summed E-state index contributed by atoms with van der Waals surface area (Å²) in [6, 6.07) is 15.2. The molecule has 1 heterocycles. The van der Waals surface area contributed by atoms with Gasteiger partial charge in [-0.2, -0.15) is 4.72 Å². The number of esters is 1. The van der Waals surface area contributed by atoms with E-state index in [0.717, 1.165) is 0 Å². The molecule has 0 bridgehead atoms. The highest BCUT2D eigenvalue weighted by molar-refractivity contribution is 7.89. The summed E-state index contributed by atoms with van der Waals surface area (Å²) in [5, 5.41) is 2.52. The molecule has 10 nitrogen and oxygen atoms in total. The number of aromatic nitrogens is 2. The minimum atomic E-state index is -3.95. The third-order valence-electron chi connectivity index (χ3n) is 5.20. The number of carbonyl (C=O) groups excluding carboxylic acids is 2. The number of ether oxygens (including phenoxy) is 1. The zero-order chi connectivity index (χ0) is 25.0. The second-order valence-electron chi connectivity index (χ2n) is 7.66. The Morgan fingerprint density at radius 2 is 1.53 bits per heavy atom. The Kier molecular flexibility index (Phi) is 7.38. The Hall–Kier alpha value is -3.70. The van der Waals surface area contributed by atoms with Gasteiger partial charge in [-0.25, -0.2) is 13.1 Å². The van der Waals surface area contributed by atoms with Crippen LogP contribution < -0.4 is 15.6 Å². The van der Waals surface area contributed by atoms with Gasteiger partial charge in [0.25, 0.3) is 11.5 Å². The van der Waals surface area contributed by atoms with E-state index in [-0.39, 0.29) is 10.6 Å². The van der Waals surface area contributed by atoms with E-state index in [0.29, 0.717) is 11.4 Å². The molecule has 1 amide bonds. The van der Waals surface area contributed by atoms with E-state index in [1.165, 1.54) is 30.7 Å². The van der Waals surface area contributed by atoms with Crippen molar-refractivity contribution >= 4 is 27.6 Å². The lowest BCUT2D eigenvalue weighted by molar-refractivity contribution is -0.154. The summed E-state index contributed by atoms with van der Waals surface area (Å²) in [6.07, 6.45) is -1.28. The zero-order valence-corrected chi connectivity index (χ0v) is 20.0. The van der Waals surface area contributed by atoms with E-state index in [1.54, 1.807) is 61.1 Å². The van der Waals surface area contributed by atoms with Gasteiger partial charge in [0, 0.05) is 7.05 Å². The van der Waals surface area contributed by atoms with E-state index >= 15 is 0 Å². The Morgan fingerprint density at radius 3 is 2.12 bits per heavy atom. The van der Waals surface area contributed by atoms with Crippen molar-refractivity contribution in [3.8, 4) is 5.69 Å². The van der Waals surface area contributed by atoms with Crippen LogP contribution in [-0.2, 0) is 31.4 Å². The number of benzene rings is 2. The van der Waals surface area contributed by atoms with Gasteiger partial charge in [0.15, 0.2) is 6.10 Å². The number of nitrogens with one attached hydrogen (secondary N) is 2. The molecular formula is C23H26N4O6S. The fraction of sp³-hybridized carbons (Fsp3) is 0.261. The van der Waals surface area contributed by atoms with Crippen molar-refractivity contribution in [2.75, 3.05) is 5.32 Å². The smallest absolute Gasteiger partial charge is 0.324 e. The second-order valence-corrected chi connectivity index (χ2v) is 9.37. The molecule has 0 saturated heterocycles.